The Morgan fingerprint density at radius 2 is 1.82 bits per heavy atom. The molecule has 1 N–H and O–H groups in total. The van der Waals surface area contributed by atoms with E-state index in [4.69, 9.17) is 9.47 Å². The number of benzene rings is 2. The molecule has 9 heteroatoms. The lowest BCUT2D eigenvalue weighted by Crippen LogP contribution is -2.28. The molecule has 0 saturated carbocycles. The Hall–Kier alpha value is -2.91. The number of ether oxygens (including phenoxy) is 2. The number of nitrogens with zero attached hydrogens (tertiary/aromatic N) is 1. The van der Waals surface area contributed by atoms with Crippen LogP contribution in [-0.4, -0.2) is 43.1 Å². The fourth-order valence-electron chi connectivity index (χ4n) is 3.60. The summed E-state index contributed by atoms with van der Waals surface area (Å²) in [4.78, 5) is 26.5. The first-order chi connectivity index (χ1) is 15.8. The monoisotopic (exact) mass is 464 g/mol. The third-order valence-electron chi connectivity index (χ3n) is 5.25. The van der Waals surface area contributed by atoms with Crippen molar-refractivity contribution in [3.8, 4) is 0 Å². The second-order valence-electron chi connectivity index (χ2n) is 7.81. The number of nitrogens with one attached hydrogen (secondary N) is 1. The number of carbonyl (C=O) groups excluding carboxylic acids is 2. The first-order valence-corrected chi connectivity index (χ1v) is 10.8. The minimum absolute atomic E-state index is 0.0189. The van der Waals surface area contributed by atoms with Crippen LogP contribution in [0.3, 0.4) is 0 Å². The van der Waals surface area contributed by atoms with Crippen LogP contribution in [0.15, 0.2) is 48.5 Å². The Labute approximate surface area is 190 Å². The van der Waals surface area contributed by atoms with Crippen molar-refractivity contribution in [2.24, 2.45) is 5.92 Å². The number of hydrogen-bond donors (Lipinski definition) is 1. The molecule has 0 radical (unpaired) electrons. The quantitative estimate of drug-likeness (QED) is 0.534. The highest BCUT2D eigenvalue weighted by atomic mass is 19.4. The number of likely N-dealkylation sites (tertiary alicyclic amines) is 1. The van der Waals surface area contributed by atoms with Crippen molar-refractivity contribution >= 4 is 17.5 Å². The van der Waals surface area contributed by atoms with Gasteiger partial charge in [-0.1, -0.05) is 24.3 Å². The summed E-state index contributed by atoms with van der Waals surface area (Å²) in [5.41, 5.74) is 1.09. The van der Waals surface area contributed by atoms with E-state index >= 15 is 0 Å². The predicted octanol–water partition coefficient (Wildman–Crippen LogP) is 4.25. The lowest BCUT2D eigenvalue weighted by atomic mass is 10.1. The van der Waals surface area contributed by atoms with Crippen LogP contribution in [0.2, 0.25) is 0 Å². The Morgan fingerprint density at radius 3 is 2.58 bits per heavy atom. The molecule has 3 rings (SSSR count). The summed E-state index contributed by atoms with van der Waals surface area (Å²) in [5.74, 6) is -1.14. The van der Waals surface area contributed by atoms with Crippen molar-refractivity contribution < 1.29 is 32.2 Å². The lowest BCUT2D eigenvalue weighted by molar-refractivity contribution is -0.137. The fraction of sp³-hybridized carbons (Fsp3) is 0.417. The summed E-state index contributed by atoms with van der Waals surface area (Å²) >= 11 is 0. The van der Waals surface area contributed by atoms with Gasteiger partial charge in [-0.05, 0) is 42.3 Å². The van der Waals surface area contributed by atoms with E-state index in [2.05, 4.69) is 5.32 Å². The van der Waals surface area contributed by atoms with E-state index in [1.807, 2.05) is 13.0 Å². The number of rotatable bonds is 10. The maximum atomic E-state index is 12.9. The highest BCUT2D eigenvalue weighted by Crippen LogP contribution is 2.30. The lowest BCUT2D eigenvalue weighted by Gasteiger charge is -2.18. The van der Waals surface area contributed by atoms with E-state index in [1.54, 1.807) is 18.2 Å². The first-order valence-electron chi connectivity index (χ1n) is 10.8. The molecule has 2 amide bonds. The van der Waals surface area contributed by atoms with Crippen molar-refractivity contribution in [3.63, 3.8) is 0 Å². The molecule has 1 saturated heterocycles. The molecule has 178 valence electrons. The van der Waals surface area contributed by atoms with E-state index in [9.17, 15) is 22.8 Å². The largest absolute Gasteiger partial charge is 0.416 e. The maximum Gasteiger partial charge on any atom is 0.416 e. The highest BCUT2D eigenvalue weighted by molar-refractivity contribution is 5.97. The van der Waals surface area contributed by atoms with Crippen LogP contribution in [0.25, 0.3) is 0 Å². The summed E-state index contributed by atoms with van der Waals surface area (Å²) in [6, 6.07) is 12.1. The van der Waals surface area contributed by atoms with Gasteiger partial charge in [0.25, 0.3) is 0 Å². The molecule has 0 aliphatic carbocycles. The second kappa shape index (κ2) is 11.3. The highest BCUT2D eigenvalue weighted by Gasteiger charge is 2.35. The number of amides is 2. The van der Waals surface area contributed by atoms with E-state index < -0.39 is 17.7 Å². The molecule has 1 aliphatic heterocycles. The standard InChI is InChI=1S/C24H27F3N2O4/c1-2-32-9-10-33-16-18-6-4-8-21(12-18)28-23(31)19-13-22(30)29(15-19)14-17-5-3-7-20(11-17)24(25,26)27/h3-8,11-12,19H,2,9-10,13-16H2,1H3,(H,28,31). The average molecular weight is 464 g/mol. The molecule has 2 aromatic carbocycles. The minimum atomic E-state index is -4.45. The number of alkyl halides is 3. The van der Waals surface area contributed by atoms with Crippen molar-refractivity contribution in [2.45, 2.75) is 32.7 Å². The molecule has 0 aromatic heterocycles. The van der Waals surface area contributed by atoms with Crippen LogP contribution in [-0.2, 0) is 38.4 Å². The van der Waals surface area contributed by atoms with Crippen LogP contribution in [0.1, 0.15) is 30.0 Å². The zero-order valence-electron chi connectivity index (χ0n) is 18.4. The molecule has 2 aromatic rings. The predicted molar refractivity (Wildman–Crippen MR) is 116 cm³/mol. The summed E-state index contributed by atoms with van der Waals surface area (Å²) < 4.78 is 49.6. The summed E-state index contributed by atoms with van der Waals surface area (Å²) in [6.45, 7) is 4.09. The molecule has 0 bridgehead atoms. The number of carbonyl (C=O) groups is 2. The Bertz CT molecular complexity index is 965. The van der Waals surface area contributed by atoms with Crippen LogP contribution in [0.4, 0.5) is 18.9 Å². The topological polar surface area (TPSA) is 67.9 Å². The zero-order valence-corrected chi connectivity index (χ0v) is 18.4. The Balaban J connectivity index is 1.54. The molecular weight excluding hydrogens is 437 g/mol. The summed E-state index contributed by atoms with van der Waals surface area (Å²) in [6.07, 6.45) is -4.43. The van der Waals surface area contributed by atoms with Crippen molar-refractivity contribution in [1.82, 2.24) is 4.90 Å². The van der Waals surface area contributed by atoms with Gasteiger partial charge in [0.05, 0.1) is 31.3 Å². The van der Waals surface area contributed by atoms with Gasteiger partial charge in [-0.3, -0.25) is 9.59 Å². The van der Waals surface area contributed by atoms with Crippen LogP contribution < -0.4 is 5.32 Å². The van der Waals surface area contributed by atoms with Gasteiger partial charge in [0, 0.05) is 31.8 Å². The molecular formula is C24H27F3N2O4. The molecule has 1 atom stereocenters. The van der Waals surface area contributed by atoms with E-state index in [1.165, 1.54) is 17.0 Å². The van der Waals surface area contributed by atoms with Gasteiger partial charge in [0.1, 0.15) is 0 Å². The van der Waals surface area contributed by atoms with Gasteiger partial charge in [-0.25, -0.2) is 0 Å². The van der Waals surface area contributed by atoms with E-state index in [-0.39, 0.29) is 31.3 Å². The normalized spacial score (nSPS) is 16.3. The van der Waals surface area contributed by atoms with Gasteiger partial charge in [-0.2, -0.15) is 13.2 Å². The van der Waals surface area contributed by atoms with Gasteiger partial charge in [0.15, 0.2) is 0 Å². The third-order valence-corrected chi connectivity index (χ3v) is 5.25. The van der Waals surface area contributed by atoms with Crippen LogP contribution >= 0.6 is 0 Å². The third kappa shape index (κ3) is 7.30. The van der Waals surface area contributed by atoms with Gasteiger partial charge >= 0.3 is 6.18 Å². The van der Waals surface area contributed by atoms with E-state index in [0.717, 1.165) is 17.7 Å². The average Bonchev–Trinajstić information content (AvgIpc) is 3.14. The Morgan fingerprint density at radius 1 is 1.09 bits per heavy atom. The van der Waals surface area contributed by atoms with Crippen molar-refractivity contribution in [2.75, 3.05) is 31.7 Å². The second-order valence-corrected chi connectivity index (χ2v) is 7.81. The van der Waals surface area contributed by atoms with Crippen LogP contribution in [0, 0.1) is 5.92 Å². The van der Waals surface area contributed by atoms with Gasteiger partial charge < -0.3 is 19.7 Å². The number of halogens is 3. The fourth-order valence-corrected chi connectivity index (χ4v) is 3.60. The Kier molecular flexibility index (Phi) is 8.46. The molecule has 1 aliphatic rings. The molecule has 1 fully saturated rings. The first kappa shape index (κ1) is 24.7. The SMILES string of the molecule is CCOCCOCc1cccc(NC(=O)C2CC(=O)N(Cc3cccc(C(F)(F)F)c3)C2)c1. The summed E-state index contributed by atoms with van der Waals surface area (Å²) in [5, 5.41) is 2.82. The zero-order chi connectivity index (χ0) is 23.8. The molecule has 1 heterocycles. The maximum absolute atomic E-state index is 12.9. The summed E-state index contributed by atoms with van der Waals surface area (Å²) in [7, 11) is 0. The smallest absolute Gasteiger partial charge is 0.379 e. The number of hydrogen-bond acceptors (Lipinski definition) is 4. The minimum Gasteiger partial charge on any atom is -0.379 e. The van der Waals surface area contributed by atoms with Gasteiger partial charge in [0.2, 0.25) is 11.8 Å². The van der Waals surface area contributed by atoms with Crippen molar-refractivity contribution in [1.29, 1.82) is 0 Å². The van der Waals surface area contributed by atoms with Crippen molar-refractivity contribution in [3.05, 3.63) is 65.2 Å². The van der Waals surface area contributed by atoms with E-state index in [0.29, 0.717) is 37.7 Å². The molecule has 33 heavy (non-hydrogen) atoms. The number of anilines is 1. The molecule has 6 nitrogen and oxygen atoms in total. The van der Waals surface area contributed by atoms with Gasteiger partial charge in [-0.15, -0.1) is 0 Å². The molecule has 1 unspecified atom stereocenters. The molecule has 0 spiro atoms. The van der Waals surface area contributed by atoms with Crippen LogP contribution in [0.5, 0.6) is 0 Å².